The van der Waals surface area contributed by atoms with Crippen molar-refractivity contribution in [2.75, 3.05) is 0 Å². The normalized spacial score (nSPS) is 18.5. The minimum Gasteiger partial charge on any atom is -0.446 e. The van der Waals surface area contributed by atoms with Gasteiger partial charge in [0.1, 0.15) is 0 Å². The van der Waals surface area contributed by atoms with Crippen LogP contribution in [0.15, 0.2) is 58.7 Å². The summed E-state index contributed by atoms with van der Waals surface area (Å²) in [5.74, 6) is -0.362. The summed E-state index contributed by atoms with van der Waals surface area (Å²) in [6, 6.07) is 0. The molecule has 0 saturated heterocycles. The van der Waals surface area contributed by atoms with Crippen LogP contribution in [0.5, 0.6) is 0 Å². The fraction of sp³-hybridized carbons (Fsp3) is 0.389. The molecule has 2 heteroatoms. The molecule has 0 atom stereocenters. The highest BCUT2D eigenvalue weighted by Crippen LogP contribution is 2.44. The molecule has 0 radical (unpaired) electrons. The van der Waals surface area contributed by atoms with E-state index >= 15 is 0 Å². The van der Waals surface area contributed by atoms with E-state index in [9.17, 15) is 4.79 Å². The molecular weight excluding hydrogens is 248 g/mol. The van der Waals surface area contributed by atoms with E-state index in [2.05, 4.69) is 20.4 Å². The van der Waals surface area contributed by atoms with Crippen LogP contribution in [0.25, 0.3) is 0 Å². The van der Waals surface area contributed by atoms with Crippen molar-refractivity contribution in [1.29, 1.82) is 0 Å². The highest BCUT2D eigenvalue weighted by atomic mass is 16.6. The van der Waals surface area contributed by atoms with E-state index in [1.165, 1.54) is 0 Å². The summed E-state index contributed by atoms with van der Waals surface area (Å²) in [5.41, 5.74) is 4.04. The first-order valence-electron chi connectivity index (χ1n) is 6.86. The first-order valence-corrected chi connectivity index (χ1v) is 6.86. The SMILES string of the molecule is C=C(C)C(=O)OC1(C)C(/C=C\C)=C(C)C(C)=C1/C=C\C. The molecule has 0 spiro atoms. The van der Waals surface area contributed by atoms with Crippen molar-refractivity contribution in [2.24, 2.45) is 0 Å². The number of ether oxygens (including phenoxy) is 1. The molecule has 0 fully saturated rings. The quantitative estimate of drug-likeness (QED) is 0.549. The largest absolute Gasteiger partial charge is 0.446 e. The number of carbonyl (C=O) groups excluding carboxylic acids is 1. The van der Waals surface area contributed by atoms with E-state index in [-0.39, 0.29) is 5.97 Å². The van der Waals surface area contributed by atoms with Crippen LogP contribution in [-0.2, 0) is 9.53 Å². The minimum atomic E-state index is -0.747. The highest BCUT2D eigenvalue weighted by Gasteiger charge is 2.42. The van der Waals surface area contributed by atoms with Gasteiger partial charge < -0.3 is 4.74 Å². The monoisotopic (exact) mass is 272 g/mol. The van der Waals surface area contributed by atoms with Crippen LogP contribution in [0.1, 0.15) is 41.5 Å². The van der Waals surface area contributed by atoms with E-state index < -0.39 is 5.60 Å². The van der Waals surface area contributed by atoms with Crippen LogP contribution in [0.3, 0.4) is 0 Å². The third-order valence-corrected chi connectivity index (χ3v) is 3.71. The van der Waals surface area contributed by atoms with Crippen molar-refractivity contribution < 1.29 is 9.53 Å². The van der Waals surface area contributed by atoms with Gasteiger partial charge in [0, 0.05) is 16.7 Å². The van der Waals surface area contributed by atoms with Gasteiger partial charge in [0.15, 0.2) is 5.60 Å². The van der Waals surface area contributed by atoms with E-state index in [4.69, 9.17) is 4.74 Å². The first-order chi connectivity index (χ1) is 9.29. The van der Waals surface area contributed by atoms with Crippen LogP contribution in [-0.4, -0.2) is 11.6 Å². The molecule has 0 N–H and O–H groups in total. The van der Waals surface area contributed by atoms with Gasteiger partial charge >= 0.3 is 5.97 Å². The summed E-state index contributed by atoms with van der Waals surface area (Å²) in [6.45, 7) is 15.3. The Hall–Kier alpha value is -1.83. The van der Waals surface area contributed by atoms with Crippen molar-refractivity contribution in [3.63, 3.8) is 0 Å². The molecule has 0 aromatic rings. The van der Waals surface area contributed by atoms with Gasteiger partial charge in [-0.3, -0.25) is 0 Å². The number of rotatable bonds is 4. The number of hydrogen-bond acceptors (Lipinski definition) is 2. The summed E-state index contributed by atoms with van der Waals surface area (Å²) in [7, 11) is 0. The lowest BCUT2D eigenvalue weighted by molar-refractivity contribution is -0.146. The molecule has 0 aliphatic heterocycles. The molecule has 0 heterocycles. The molecule has 2 nitrogen and oxygen atoms in total. The summed E-state index contributed by atoms with van der Waals surface area (Å²) < 4.78 is 5.77. The number of carbonyl (C=O) groups is 1. The predicted octanol–water partition coefficient (Wildman–Crippen LogP) is 4.66. The molecule has 1 aliphatic rings. The number of allylic oxidation sites excluding steroid dienone is 4. The standard InChI is InChI=1S/C18H24O2/c1-8-10-15-13(5)14(6)16(11-9-2)18(15,7)20-17(19)12(3)4/h8-11H,3H2,1-2,4-7H3/b10-8-,11-9-. The van der Waals surface area contributed by atoms with E-state index in [0.29, 0.717) is 5.57 Å². The van der Waals surface area contributed by atoms with Crippen molar-refractivity contribution in [3.05, 3.63) is 58.7 Å². The van der Waals surface area contributed by atoms with Crippen molar-refractivity contribution in [1.82, 2.24) is 0 Å². The van der Waals surface area contributed by atoms with Gasteiger partial charge in [0.05, 0.1) is 0 Å². The predicted molar refractivity (Wildman–Crippen MR) is 84.3 cm³/mol. The fourth-order valence-electron chi connectivity index (χ4n) is 2.55. The molecule has 1 rings (SSSR count). The first kappa shape index (κ1) is 16.2. The van der Waals surface area contributed by atoms with Crippen LogP contribution in [0.2, 0.25) is 0 Å². The molecule has 0 bridgehead atoms. The average molecular weight is 272 g/mol. The summed E-state index contributed by atoms with van der Waals surface area (Å²) in [6.07, 6.45) is 7.97. The Kier molecular flexibility index (Phi) is 4.93. The molecule has 0 saturated carbocycles. The molecule has 108 valence electrons. The third-order valence-electron chi connectivity index (χ3n) is 3.71. The maximum atomic E-state index is 12.0. The number of esters is 1. The minimum absolute atomic E-state index is 0.362. The third kappa shape index (κ3) is 2.69. The zero-order valence-electron chi connectivity index (χ0n) is 13.3. The average Bonchev–Trinajstić information content (AvgIpc) is 2.54. The summed E-state index contributed by atoms with van der Waals surface area (Å²) in [4.78, 5) is 12.0. The van der Waals surface area contributed by atoms with Gasteiger partial charge in [-0.1, -0.05) is 30.9 Å². The van der Waals surface area contributed by atoms with Crippen LogP contribution < -0.4 is 0 Å². The van der Waals surface area contributed by atoms with Gasteiger partial charge in [0.2, 0.25) is 0 Å². The van der Waals surface area contributed by atoms with E-state index in [0.717, 1.165) is 22.3 Å². The Balaban J connectivity index is 3.41. The zero-order valence-corrected chi connectivity index (χ0v) is 13.3. The van der Waals surface area contributed by atoms with Crippen LogP contribution >= 0.6 is 0 Å². The van der Waals surface area contributed by atoms with Crippen LogP contribution in [0, 0.1) is 0 Å². The maximum Gasteiger partial charge on any atom is 0.334 e. The molecule has 0 amide bonds. The van der Waals surface area contributed by atoms with Crippen molar-refractivity contribution in [2.45, 2.75) is 47.1 Å². The Morgan fingerprint density at radius 2 is 1.50 bits per heavy atom. The van der Waals surface area contributed by atoms with Crippen molar-refractivity contribution in [3.8, 4) is 0 Å². The lowest BCUT2D eigenvalue weighted by atomic mass is 9.90. The Labute approximate surface area is 122 Å². The smallest absolute Gasteiger partial charge is 0.334 e. The Morgan fingerprint density at radius 1 is 1.10 bits per heavy atom. The van der Waals surface area contributed by atoms with Gasteiger partial charge in [-0.15, -0.1) is 0 Å². The maximum absolute atomic E-state index is 12.0. The zero-order chi connectivity index (χ0) is 15.5. The molecule has 0 unspecified atom stereocenters. The van der Waals surface area contributed by atoms with E-state index in [1.807, 2.05) is 45.1 Å². The molecule has 0 aromatic carbocycles. The number of hydrogen-bond donors (Lipinski definition) is 0. The second-order valence-corrected chi connectivity index (χ2v) is 5.28. The molecular formula is C18H24O2. The summed E-state index contributed by atoms with van der Waals surface area (Å²) >= 11 is 0. The molecule has 20 heavy (non-hydrogen) atoms. The molecule has 0 aromatic heterocycles. The lowest BCUT2D eigenvalue weighted by Gasteiger charge is -2.30. The van der Waals surface area contributed by atoms with Gasteiger partial charge in [-0.2, -0.15) is 0 Å². The van der Waals surface area contributed by atoms with Crippen LogP contribution in [0.4, 0.5) is 0 Å². The summed E-state index contributed by atoms with van der Waals surface area (Å²) in [5, 5.41) is 0. The van der Waals surface area contributed by atoms with Gasteiger partial charge in [-0.25, -0.2) is 4.79 Å². The van der Waals surface area contributed by atoms with E-state index in [1.54, 1.807) is 6.92 Å². The lowest BCUT2D eigenvalue weighted by Crippen LogP contribution is -2.33. The van der Waals surface area contributed by atoms with Gasteiger partial charge in [-0.05, 0) is 52.7 Å². The highest BCUT2D eigenvalue weighted by molar-refractivity contribution is 5.88. The second kappa shape index (κ2) is 6.08. The fourth-order valence-corrected chi connectivity index (χ4v) is 2.55. The second-order valence-electron chi connectivity index (χ2n) is 5.28. The Morgan fingerprint density at radius 3 is 1.80 bits per heavy atom. The van der Waals surface area contributed by atoms with Gasteiger partial charge in [0.25, 0.3) is 0 Å². The molecule has 1 aliphatic carbocycles. The van der Waals surface area contributed by atoms with Crippen molar-refractivity contribution >= 4 is 5.97 Å². The topological polar surface area (TPSA) is 26.3 Å². The Bertz CT molecular complexity index is 520.